The van der Waals surface area contributed by atoms with Crippen LogP contribution in [0.15, 0.2) is 24.3 Å². The van der Waals surface area contributed by atoms with Crippen molar-refractivity contribution in [3.63, 3.8) is 0 Å². The highest BCUT2D eigenvalue weighted by molar-refractivity contribution is 5.33. The van der Waals surface area contributed by atoms with E-state index in [9.17, 15) is 10.1 Å². The van der Waals surface area contributed by atoms with E-state index in [4.69, 9.17) is 0 Å². The summed E-state index contributed by atoms with van der Waals surface area (Å²) >= 11 is 0. The third-order valence-electron chi connectivity index (χ3n) is 4.57. The van der Waals surface area contributed by atoms with Crippen molar-refractivity contribution in [3.8, 4) is 0 Å². The average Bonchev–Trinajstić information content (AvgIpc) is 3.24. The molecule has 0 saturated heterocycles. The van der Waals surface area contributed by atoms with E-state index in [0.29, 0.717) is 11.5 Å². The third-order valence-corrected chi connectivity index (χ3v) is 4.57. The standard InChI is InChI=1S/C16H24N2O2/c1-3-12-17-13(2)16(10-11-16)9-8-14-4-6-15(7-5-14)18(19)20/h4-7,13,17H,3,8-12H2,1-2H3. The van der Waals surface area contributed by atoms with Crippen molar-refractivity contribution < 1.29 is 4.92 Å². The van der Waals surface area contributed by atoms with Gasteiger partial charge in [0.1, 0.15) is 0 Å². The van der Waals surface area contributed by atoms with Gasteiger partial charge in [-0.2, -0.15) is 0 Å². The van der Waals surface area contributed by atoms with Gasteiger partial charge in [0.25, 0.3) is 5.69 Å². The number of hydrogen-bond donors (Lipinski definition) is 1. The smallest absolute Gasteiger partial charge is 0.269 e. The predicted octanol–water partition coefficient (Wildman–Crippen LogP) is 3.70. The average molecular weight is 276 g/mol. The lowest BCUT2D eigenvalue weighted by Crippen LogP contribution is -2.35. The summed E-state index contributed by atoms with van der Waals surface area (Å²) in [5, 5.41) is 14.2. The molecule has 110 valence electrons. The van der Waals surface area contributed by atoms with Gasteiger partial charge in [0.05, 0.1) is 4.92 Å². The molecular weight excluding hydrogens is 252 g/mol. The zero-order valence-corrected chi connectivity index (χ0v) is 12.4. The second-order valence-corrected chi connectivity index (χ2v) is 5.96. The molecule has 1 aromatic rings. The number of rotatable bonds is 8. The Morgan fingerprint density at radius 2 is 2.00 bits per heavy atom. The molecule has 0 heterocycles. The summed E-state index contributed by atoms with van der Waals surface area (Å²) in [6.07, 6.45) is 5.96. The summed E-state index contributed by atoms with van der Waals surface area (Å²) in [4.78, 5) is 10.3. The fraction of sp³-hybridized carbons (Fsp3) is 0.625. The Hall–Kier alpha value is -1.42. The first-order chi connectivity index (χ1) is 9.57. The first kappa shape index (κ1) is 15.0. The summed E-state index contributed by atoms with van der Waals surface area (Å²) in [6, 6.07) is 7.55. The molecule has 1 N–H and O–H groups in total. The van der Waals surface area contributed by atoms with Crippen LogP contribution in [0.1, 0.15) is 45.1 Å². The highest BCUT2D eigenvalue weighted by atomic mass is 16.6. The van der Waals surface area contributed by atoms with Crippen molar-refractivity contribution in [2.24, 2.45) is 5.41 Å². The Kier molecular flexibility index (Phi) is 4.76. The Bertz CT molecular complexity index is 452. The lowest BCUT2D eigenvalue weighted by molar-refractivity contribution is -0.384. The fourth-order valence-corrected chi connectivity index (χ4v) is 2.82. The fourth-order valence-electron chi connectivity index (χ4n) is 2.82. The SMILES string of the molecule is CCCNC(C)C1(CCc2ccc([N+](=O)[O-])cc2)CC1. The molecule has 0 radical (unpaired) electrons. The minimum atomic E-state index is -0.344. The third kappa shape index (κ3) is 3.57. The number of hydrogen-bond acceptors (Lipinski definition) is 3. The van der Waals surface area contributed by atoms with Crippen molar-refractivity contribution in [2.45, 2.75) is 52.0 Å². The van der Waals surface area contributed by atoms with Crippen LogP contribution in [0.4, 0.5) is 5.69 Å². The van der Waals surface area contributed by atoms with E-state index in [1.807, 2.05) is 12.1 Å². The van der Waals surface area contributed by atoms with Crippen molar-refractivity contribution in [3.05, 3.63) is 39.9 Å². The maximum atomic E-state index is 10.6. The number of nitrogens with one attached hydrogen (secondary N) is 1. The van der Waals surface area contributed by atoms with Gasteiger partial charge >= 0.3 is 0 Å². The molecule has 1 aliphatic rings. The van der Waals surface area contributed by atoms with E-state index in [0.717, 1.165) is 13.0 Å². The van der Waals surface area contributed by atoms with Crippen LogP contribution >= 0.6 is 0 Å². The second-order valence-electron chi connectivity index (χ2n) is 5.96. The molecule has 0 spiro atoms. The van der Waals surface area contributed by atoms with E-state index in [1.54, 1.807) is 12.1 Å². The number of nitro benzene ring substituents is 1. The zero-order chi connectivity index (χ0) is 14.6. The normalized spacial score (nSPS) is 17.7. The maximum absolute atomic E-state index is 10.6. The lowest BCUT2D eigenvalue weighted by atomic mass is 9.90. The second kappa shape index (κ2) is 6.35. The van der Waals surface area contributed by atoms with Crippen LogP contribution < -0.4 is 5.32 Å². The number of benzene rings is 1. The van der Waals surface area contributed by atoms with Crippen LogP contribution in [0.3, 0.4) is 0 Å². The Labute approximate surface area is 120 Å². The van der Waals surface area contributed by atoms with Gasteiger partial charge < -0.3 is 5.32 Å². The summed E-state index contributed by atoms with van der Waals surface area (Å²) in [5.74, 6) is 0. The molecule has 1 atom stereocenters. The van der Waals surface area contributed by atoms with E-state index >= 15 is 0 Å². The molecule has 1 unspecified atom stereocenters. The summed E-state index contributed by atoms with van der Waals surface area (Å²) in [7, 11) is 0. The molecule has 20 heavy (non-hydrogen) atoms. The molecule has 0 amide bonds. The van der Waals surface area contributed by atoms with Crippen LogP contribution in [0.2, 0.25) is 0 Å². The monoisotopic (exact) mass is 276 g/mol. The molecular formula is C16H24N2O2. The van der Waals surface area contributed by atoms with Gasteiger partial charge in [-0.1, -0.05) is 19.1 Å². The molecule has 2 rings (SSSR count). The van der Waals surface area contributed by atoms with Crippen molar-refractivity contribution >= 4 is 5.69 Å². The lowest BCUT2D eigenvalue weighted by Gasteiger charge is -2.24. The topological polar surface area (TPSA) is 55.2 Å². The largest absolute Gasteiger partial charge is 0.314 e. The van der Waals surface area contributed by atoms with Gasteiger partial charge in [-0.25, -0.2) is 0 Å². The molecule has 4 nitrogen and oxygen atoms in total. The Morgan fingerprint density at radius 1 is 1.35 bits per heavy atom. The highest BCUT2D eigenvalue weighted by Crippen LogP contribution is 2.52. The molecule has 4 heteroatoms. The van der Waals surface area contributed by atoms with E-state index in [2.05, 4.69) is 19.2 Å². The van der Waals surface area contributed by atoms with Crippen LogP contribution in [0, 0.1) is 15.5 Å². The maximum Gasteiger partial charge on any atom is 0.269 e. The van der Waals surface area contributed by atoms with Crippen molar-refractivity contribution in [2.75, 3.05) is 6.54 Å². The number of non-ortho nitro benzene ring substituents is 1. The van der Waals surface area contributed by atoms with Gasteiger partial charge in [0.2, 0.25) is 0 Å². The molecule has 1 fully saturated rings. The van der Waals surface area contributed by atoms with E-state index in [1.165, 1.54) is 31.2 Å². The van der Waals surface area contributed by atoms with Crippen LogP contribution in [-0.4, -0.2) is 17.5 Å². The van der Waals surface area contributed by atoms with Gasteiger partial charge in [-0.05, 0) is 56.6 Å². The molecule has 1 saturated carbocycles. The van der Waals surface area contributed by atoms with Crippen LogP contribution in [-0.2, 0) is 6.42 Å². The first-order valence-electron chi connectivity index (χ1n) is 7.54. The highest BCUT2D eigenvalue weighted by Gasteiger charge is 2.46. The van der Waals surface area contributed by atoms with Gasteiger partial charge in [0.15, 0.2) is 0 Å². The molecule has 0 aliphatic heterocycles. The molecule has 0 bridgehead atoms. The quantitative estimate of drug-likeness (QED) is 0.582. The molecule has 1 aliphatic carbocycles. The summed E-state index contributed by atoms with van der Waals surface area (Å²) in [5.41, 5.74) is 1.83. The first-order valence-corrected chi connectivity index (χ1v) is 7.54. The van der Waals surface area contributed by atoms with Gasteiger partial charge in [-0.3, -0.25) is 10.1 Å². The van der Waals surface area contributed by atoms with E-state index < -0.39 is 0 Å². The Morgan fingerprint density at radius 3 is 2.50 bits per heavy atom. The summed E-state index contributed by atoms with van der Waals surface area (Å²) in [6.45, 7) is 5.56. The predicted molar refractivity (Wildman–Crippen MR) is 80.8 cm³/mol. The van der Waals surface area contributed by atoms with Gasteiger partial charge in [0, 0.05) is 18.2 Å². The molecule has 1 aromatic carbocycles. The van der Waals surface area contributed by atoms with E-state index in [-0.39, 0.29) is 10.6 Å². The van der Waals surface area contributed by atoms with Gasteiger partial charge in [-0.15, -0.1) is 0 Å². The van der Waals surface area contributed by atoms with Crippen LogP contribution in [0.25, 0.3) is 0 Å². The number of nitro groups is 1. The Balaban J connectivity index is 1.87. The number of aryl methyl sites for hydroxylation is 1. The zero-order valence-electron chi connectivity index (χ0n) is 12.4. The van der Waals surface area contributed by atoms with Crippen molar-refractivity contribution in [1.82, 2.24) is 5.32 Å². The molecule has 0 aromatic heterocycles. The van der Waals surface area contributed by atoms with Crippen molar-refractivity contribution in [1.29, 1.82) is 0 Å². The number of nitrogens with zero attached hydrogens (tertiary/aromatic N) is 1. The summed E-state index contributed by atoms with van der Waals surface area (Å²) < 4.78 is 0. The van der Waals surface area contributed by atoms with Crippen LogP contribution in [0.5, 0.6) is 0 Å². The minimum absolute atomic E-state index is 0.174. The minimum Gasteiger partial charge on any atom is -0.314 e.